The largest absolute Gasteiger partial charge is 0.497 e. The quantitative estimate of drug-likeness (QED) is 0.870. The Bertz CT molecular complexity index is 509. The lowest BCUT2D eigenvalue weighted by molar-refractivity contribution is 0.415. The van der Waals surface area contributed by atoms with E-state index in [2.05, 4.69) is 16.1 Å². The van der Waals surface area contributed by atoms with Crippen molar-refractivity contribution in [1.29, 1.82) is 0 Å². The molecule has 1 aromatic heterocycles. The van der Waals surface area contributed by atoms with Gasteiger partial charge in [0.2, 0.25) is 0 Å². The summed E-state index contributed by atoms with van der Waals surface area (Å²) < 4.78 is 7.05. The van der Waals surface area contributed by atoms with Gasteiger partial charge in [0, 0.05) is 31.5 Å². The number of nitrogen functional groups attached to an aromatic ring is 1. The first-order valence-electron chi connectivity index (χ1n) is 5.83. The molecule has 0 radical (unpaired) electrons. The molecular formula is C13H18N4O. The monoisotopic (exact) mass is 246 g/mol. The fourth-order valence-corrected chi connectivity index (χ4v) is 1.73. The molecule has 2 rings (SSSR count). The second-order valence-electron chi connectivity index (χ2n) is 4.13. The Morgan fingerprint density at radius 3 is 2.89 bits per heavy atom. The van der Waals surface area contributed by atoms with Crippen molar-refractivity contribution >= 4 is 11.5 Å². The molecule has 2 aromatic rings. The summed E-state index contributed by atoms with van der Waals surface area (Å²) in [7, 11) is 3.72. The number of benzene rings is 1. The molecular weight excluding hydrogens is 228 g/mol. The summed E-state index contributed by atoms with van der Waals surface area (Å²) in [4.78, 5) is 2.15. The third-order valence-electron chi connectivity index (χ3n) is 2.82. The number of ether oxygens (including phenoxy) is 1. The zero-order valence-electron chi connectivity index (χ0n) is 10.7. The Labute approximate surface area is 107 Å². The highest BCUT2D eigenvalue weighted by Gasteiger charge is 2.03. The first-order chi connectivity index (χ1) is 8.69. The van der Waals surface area contributed by atoms with Crippen LogP contribution in [0.15, 0.2) is 36.5 Å². The van der Waals surface area contributed by atoms with Crippen molar-refractivity contribution in [2.75, 3.05) is 31.3 Å². The molecule has 0 fully saturated rings. The van der Waals surface area contributed by atoms with Crippen LogP contribution < -0.4 is 15.4 Å². The summed E-state index contributed by atoms with van der Waals surface area (Å²) in [5.74, 6) is 1.42. The molecule has 18 heavy (non-hydrogen) atoms. The number of nitrogens with zero attached hydrogens (tertiary/aromatic N) is 3. The van der Waals surface area contributed by atoms with Crippen LogP contribution in [-0.4, -0.2) is 30.5 Å². The van der Waals surface area contributed by atoms with Crippen molar-refractivity contribution in [3.63, 3.8) is 0 Å². The zero-order valence-corrected chi connectivity index (χ0v) is 10.7. The van der Waals surface area contributed by atoms with Crippen molar-refractivity contribution in [1.82, 2.24) is 9.78 Å². The molecule has 0 saturated carbocycles. The predicted octanol–water partition coefficient (Wildman–Crippen LogP) is 1.61. The fourth-order valence-electron chi connectivity index (χ4n) is 1.73. The average Bonchev–Trinajstić information content (AvgIpc) is 2.82. The predicted molar refractivity (Wildman–Crippen MR) is 72.9 cm³/mol. The Hall–Kier alpha value is -2.17. The first-order valence-corrected chi connectivity index (χ1v) is 5.83. The van der Waals surface area contributed by atoms with Crippen LogP contribution in [0.25, 0.3) is 0 Å². The first kappa shape index (κ1) is 12.3. The molecule has 0 aliphatic rings. The Kier molecular flexibility index (Phi) is 3.72. The van der Waals surface area contributed by atoms with Crippen LogP contribution in [0.5, 0.6) is 5.75 Å². The number of aromatic nitrogens is 2. The molecule has 1 heterocycles. The van der Waals surface area contributed by atoms with E-state index in [0.29, 0.717) is 5.82 Å². The van der Waals surface area contributed by atoms with Crippen LogP contribution in [0.1, 0.15) is 0 Å². The summed E-state index contributed by atoms with van der Waals surface area (Å²) in [6, 6.07) is 9.78. The van der Waals surface area contributed by atoms with Gasteiger partial charge in [0.25, 0.3) is 0 Å². The summed E-state index contributed by atoms with van der Waals surface area (Å²) in [5.41, 5.74) is 6.69. The van der Waals surface area contributed by atoms with Crippen LogP contribution in [0, 0.1) is 0 Å². The van der Waals surface area contributed by atoms with Crippen LogP contribution in [-0.2, 0) is 6.54 Å². The molecule has 1 aromatic carbocycles. The van der Waals surface area contributed by atoms with E-state index in [9.17, 15) is 0 Å². The molecule has 0 aliphatic heterocycles. The number of likely N-dealkylation sites (N-methyl/N-ethyl adjacent to an activating group) is 1. The summed E-state index contributed by atoms with van der Waals surface area (Å²) in [6.07, 6.45) is 1.88. The zero-order chi connectivity index (χ0) is 13.0. The molecule has 0 saturated heterocycles. The van der Waals surface area contributed by atoms with Crippen LogP contribution in [0.2, 0.25) is 0 Å². The smallest absolute Gasteiger partial charge is 0.145 e. The number of nitrogens with two attached hydrogens (primary N) is 1. The Balaban J connectivity index is 1.96. The standard InChI is InChI=1S/C13H18N4O/c1-16(8-9-17-7-6-13(14)15-17)11-4-3-5-12(10-11)18-2/h3-7,10H,8-9H2,1-2H3,(H2,14,15). The van der Waals surface area contributed by atoms with Crippen molar-refractivity contribution in [2.24, 2.45) is 0 Å². The highest BCUT2D eigenvalue weighted by molar-refractivity contribution is 5.49. The van der Waals surface area contributed by atoms with E-state index in [1.807, 2.05) is 36.1 Å². The molecule has 0 bridgehead atoms. The minimum Gasteiger partial charge on any atom is -0.497 e. The lowest BCUT2D eigenvalue weighted by Gasteiger charge is -2.19. The van der Waals surface area contributed by atoms with E-state index in [-0.39, 0.29) is 0 Å². The third kappa shape index (κ3) is 2.94. The number of methoxy groups -OCH3 is 1. The maximum absolute atomic E-state index is 5.57. The van der Waals surface area contributed by atoms with Crippen molar-refractivity contribution < 1.29 is 4.74 Å². The maximum Gasteiger partial charge on any atom is 0.145 e. The average molecular weight is 246 g/mol. The number of anilines is 2. The van der Waals surface area contributed by atoms with Gasteiger partial charge in [0.1, 0.15) is 11.6 Å². The number of hydrogen-bond donors (Lipinski definition) is 1. The van der Waals surface area contributed by atoms with Gasteiger partial charge in [-0.3, -0.25) is 4.68 Å². The Morgan fingerprint density at radius 1 is 1.39 bits per heavy atom. The molecule has 5 nitrogen and oxygen atoms in total. The third-order valence-corrected chi connectivity index (χ3v) is 2.82. The van der Waals surface area contributed by atoms with Gasteiger partial charge < -0.3 is 15.4 Å². The molecule has 0 unspecified atom stereocenters. The molecule has 96 valence electrons. The van der Waals surface area contributed by atoms with E-state index in [0.717, 1.165) is 24.5 Å². The SMILES string of the molecule is COc1cccc(N(C)CCn2ccc(N)n2)c1. The lowest BCUT2D eigenvalue weighted by Crippen LogP contribution is -2.22. The summed E-state index contributed by atoms with van der Waals surface area (Å²) >= 11 is 0. The van der Waals surface area contributed by atoms with Gasteiger partial charge in [0.05, 0.1) is 13.7 Å². The molecule has 0 spiro atoms. The van der Waals surface area contributed by atoms with Crippen molar-refractivity contribution in [3.05, 3.63) is 36.5 Å². The minimum absolute atomic E-state index is 0.555. The van der Waals surface area contributed by atoms with E-state index >= 15 is 0 Å². The number of hydrogen-bond acceptors (Lipinski definition) is 4. The van der Waals surface area contributed by atoms with Gasteiger partial charge in [-0.25, -0.2) is 0 Å². The van der Waals surface area contributed by atoms with E-state index in [1.54, 1.807) is 13.2 Å². The minimum atomic E-state index is 0.555. The normalized spacial score (nSPS) is 10.3. The van der Waals surface area contributed by atoms with Crippen LogP contribution >= 0.6 is 0 Å². The van der Waals surface area contributed by atoms with Gasteiger partial charge in [-0.05, 0) is 18.2 Å². The number of rotatable bonds is 5. The van der Waals surface area contributed by atoms with Crippen molar-refractivity contribution in [2.45, 2.75) is 6.54 Å². The van der Waals surface area contributed by atoms with E-state index in [1.165, 1.54) is 0 Å². The Morgan fingerprint density at radius 2 is 2.22 bits per heavy atom. The molecule has 0 aliphatic carbocycles. The summed E-state index contributed by atoms with van der Waals surface area (Å²) in [5, 5.41) is 4.15. The van der Waals surface area contributed by atoms with Crippen LogP contribution in [0.3, 0.4) is 0 Å². The van der Waals surface area contributed by atoms with Gasteiger partial charge in [-0.15, -0.1) is 0 Å². The van der Waals surface area contributed by atoms with E-state index < -0.39 is 0 Å². The molecule has 5 heteroatoms. The van der Waals surface area contributed by atoms with Crippen LogP contribution in [0.4, 0.5) is 11.5 Å². The van der Waals surface area contributed by atoms with Gasteiger partial charge in [0.15, 0.2) is 0 Å². The molecule has 2 N–H and O–H groups in total. The summed E-state index contributed by atoms with van der Waals surface area (Å²) in [6.45, 7) is 1.65. The van der Waals surface area contributed by atoms with E-state index in [4.69, 9.17) is 10.5 Å². The maximum atomic E-state index is 5.57. The lowest BCUT2D eigenvalue weighted by atomic mass is 10.3. The fraction of sp³-hybridized carbons (Fsp3) is 0.308. The second kappa shape index (κ2) is 5.44. The highest BCUT2D eigenvalue weighted by Crippen LogP contribution is 2.19. The van der Waals surface area contributed by atoms with Crippen molar-refractivity contribution in [3.8, 4) is 5.75 Å². The van der Waals surface area contributed by atoms with Gasteiger partial charge in [-0.1, -0.05) is 6.07 Å². The molecule has 0 atom stereocenters. The van der Waals surface area contributed by atoms with Gasteiger partial charge in [-0.2, -0.15) is 5.10 Å². The van der Waals surface area contributed by atoms with Gasteiger partial charge >= 0.3 is 0 Å². The highest BCUT2D eigenvalue weighted by atomic mass is 16.5. The topological polar surface area (TPSA) is 56.3 Å². The second-order valence-corrected chi connectivity index (χ2v) is 4.13. The molecule has 0 amide bonds.